The summed E-state index contributed by atoms with van der Waals surface area (Å²) in [6.45, 7) is 1.56. The van der Waals surface area contributed by atoms with E-state index in [1.54, 1.807) is 25.1 Å². The summed E-state index contributed by atoms with van der Waals surface area (Å²) in [7, 11) is 3.02. The van der Waals surface area contributed by atoms with E-state index in [1.807, 2.05) is 0 Å². The molecule has 2 rings (SSSR count). The lowest BCUT2D eigenvalue weighted by Crippen LogP contribution is -2.22. The number of aromatic nitrogens is 1. The molecule has 0 unspecified atom stereocenters. The smallest absolute Gasteiger partial charge is 0.310 e. The van der Waals surface area contributed by atoms with E-state index in [4.69, 9.17) is 9.47 Å². The predicted molar refractivity (Wildman–Crippen MR) is 84.3 cm³/mol. The molecule has 7 nitrogen and oxygen atoms in total. The topological polar surface area (TPSA) is 101 Å². The second-order valence-electron chi connectivity index (χ2n) is 4.26. The first kappa shape index (κ1) is 15.8. The van der Waals surface area contributed by atoms with Gasteiger partial charge in [0.25, 0.3) is 5.56 Å². The van der Waals surface area contributed by atoms with Gasteiger partial charge in [0.15, 0.2) is 5.06 Å². The summed E-state index contributed by atoms with van der Waals surface area (Å²) in [4.78, 5) is 28.7. The molecule has 1 heterocycles. The Morgan fingerprint density at radius 1 is 1.27 bits per heavy atom. The minimum Gasteiger partial charge on any atom is -0.499 e. The molecule has 0 aliphatic carbocycles. The largest absolute Gasteiger partial charge is 0.499 e. The van der Waals surface area contributed by atoms with E-state index in [2.05, 4.69) is 9.98 Å². The first-order valence-electron chi connectivity index (χ1n) is 6.20. The van der Waals surface area contributed by atoms with Crippen LogP contribution in [0.5, 0.6) is 16.6 Å². The summed E-state index contributed by atoms with van der Waals surface area (Å²) >= 11 is 0.540. The van der Waals surface area contributed by atoms with Crippen molar-refractivity contribution in [2.75, 3.05) is 14.2 Å². The molecule has 0 aliphatic heterocycles. The van der Waals surface area contributed by atoms with Crippen molar-refractivity contribution >= 4 is 22.7 Å². The van der Waals surface area contributed by atoms with Crippen LogP contribution in [0.2, 0.25) is 0 Å². The fraction of sp³-hybridized carbons (Fsp3) is 0.214. The highest BCUT2D eigenvalue weighted by Crippen LogP contribution is 2.32. The molecule has 2 N–H and O–H groups in total. The number of ether oxygens (including phenoxy) is 2. The lowest BCUT2D eigenvalue weighted by Gasteiger charge is -2.08. The van der Waals surface area contributed by atoms with Crippen molar-refractivity contribution < 1.29 is 14.6 Å². The van der Waals surface area contributed by atoms with Crippen molar-refractivity contribution in [1.82, 2.24) is 4.98 Å². The van der Waals surface area contributed by atoms with E-state index in [0.29, 0.717) is 28.5 Å². The molecule has 0 atom stereocenters. The second-order valence-corrected chi connectivity index (χ2v) is 5.22. The van der Waals surface area contributed by atoms with Gasteiger partial charge in [0.2, 0.25) is 0 Å². The van der Waals surface area contributed by atoms with Crippen LogP contribution in [0.1, 0.15) is 12.5 Å². The van der Waals surface area contributed by atoms with Gasteiger partial charge in [-0.2, -0.15) is 0 Å². The van der Waals surface area contributed by atoms with Crippen molar-refractivity contribution in [3.05, 3.63) is 43.8 Å². The quantitative estimate of drug-likeness (QED) is 0.834. The molecular formula is C14H14N2O5S. The molecule has 1 aromatic carbocycles. The molecule has 0 saturated heterocycles. The Bertz CT molecular complexity index is 838. The van der Waals surface area contributed by atoms with Crippen LogP contribution in [-0.2, 0) is 0 Å². The molecule has 0 spiro atoms. The zero-order valence-electron chi connectivity index (χ0n) is 12.2. The number of methoxy groups -OCH3 is 2. The maximum Gasteiger partial charge on any atom is 0.310 e. The summed E-state index contributed by atoms with van der Waals surface area (Å²) in [5.41, 5.74) is 0.00622. The molecule has 2 aromatic rings. The molecule has 0 radical (unpaired) electrons. The van der Waals surface area contributed by atoms with Crippen LogP contribution in [-0.4, -0.2) is 30.0 Å². The lowest BCUT2D eigenvalue weighted by molar-refractivity contribution is 0.395. The number of hydrogen-bond acceptors (Lipinski definition) is 7. The zero-order chi connectivity index (χ0) is 16.3. The Hall–Kier alpha value is -2.61. The maximum absolute atomic E-state index is 11.8. The van der Waals surface area contributed by atoms with Crippen molar-refractivity contribution in [3.8, 4) is 16.6 Å². The number of aromatic hydroxyl groups is 1. The summed E-state index contributed by atoms with van der Waals surface area (Å²) in [6.07, 6.45) is 0. The molecule has 0 aliphatic rings. The molecule has 8 heteroatoms. The normalized spacial score (nSPS) is 11.3. The van der Waals surface area contributed by atoms with Gasteiger partial charge in [-0.05, 0) is 30.4 Å². The number of rotatable bonds is 4. The van der Waals surface area contributed by atoms with E-state index in [1.165, 1.54) is 14.2 Å². The Morgan fingerprint density at radius 2 is 2.00 bits per heavy atom. The van der Waals surface area contributed by atoms with Gasteiger partial charge in [0, 0.05) is 6.07 Å². The summed E-state index contributed by atoms with van der Waals surface area (Å²) in [5, 5.41) is 9.42. The minimum absolute atomic E-state index is 0.0394. The Labute approximate surface area is 129 Å². The van der Waals surface area contributed by atoms with Crippen molar-refractivity contribution in [1.29, 1.82) is 0 Å². The van der Waals surface area contributed by atoms with Crippen molar-refractivity contribution in [2.45, 2.75) is 6.92 Å². The predicted octanol–water partition coefficient (Wildman–Crippen LogP) is 1.66. The number of hydrogen-bond donors (Lipinski definition) is 2. The molecule has 0 amide bonds. The molecule has 0 bridgehead atoms. The minimum atomic E-state index is -0.685. The van der Waals surface area contributed by atoms with Crippen molar-refractivity contribution in [2.24, 2.45) is 4.99 Å². The molecule has 0 saturated carbocycles. The van der Waals surface area contributed by atoms with E-state index in [9.17, 15) is 14.7 Å². The average molecular weight is 322 g/mol. The average Bonchev–Trinajstić information content (AvgIpc) is 2.46. The lowest BCUT2D eigenvalue weighted by atomic mass is 10.2. The molecular weight excluding hydrogens is 308 g/mol. The fourth-order valence-electron chi connectivity index (χ4n) is 1.85. The molecule has 0 fully saturated rings. The summed E-state index contributed by atoms with van der Waals surface area (Å²) in [6, 6.07) is 5.01. The molecule has 1 aromatic heterocycles. The van der Waals surface area contributed by atoms with Gasteiger partial charge in [-0.25, -0.2) is 4.99 Å². The number of H-pyrrole nitrogens is 1. The zero-order valence-corrected chi connectivity index (χ0v) is 13.0. The summed E-state index contributed by atoms with van der Waals surface area (Å²) in [5.74, 6) is 1.06. The van der Waals surface area contributed by atoms with Gasteiger partial charge in [0.1, 0.15) is 22.7 Å². The Morgan fingerprint density at radius 3 is 2.59 bits per heavy atom. The van der Waals surface area contributed by atoms with Crippen LogP contribution >= 0.6 is 11.3 Å². The third-order valence-electron chi connectivity index (χ3n) is 2.88. The van der Waals surface area contributed by atoms with Crippen LogP contribution in [0.15, 0.2) is 32.8 Å². The van der Waals surface area contributed by atoms with Crippen LogP contribution in [0.4, 0.5) is 5.69 Å². The Kier molecular flexibility index (Phi) is 4.62. The second kappa shape index (κ2) is 6.44. The van der Waals surface area contributed by atoms with Gasteiger partial charge in [0.05, 0.1) is 19.9 Å². The maximum atomic E-state index is 11.8. The van der Waals surface area contributed by atoms with Crippen LogP contribution in [0.25, 0.3) is 0 Å². The van der Waals surface area contributed by atoms with Crippen LogP contribution in [0, 0.1) is 0 Å². The van der Waals surface area contributed by atoms with E-state index >= 15 is 0 Å². The van der Waals surface area contributed by atoms with Gasteiger partial charge in [-0.1, -0.05) is 0 Å². The SMILES string of the molecule is COc1ccc(N=C(C)c2c(O)sc(=O)[nH]c2=O)c(OC)c1. The fourth-order valence-corrected chi connectivity index (χ4v) is 2.51. The van der Waals surface area contributed by atoms with Crippen molar-refractivity contribution in [3.63, 3.8) is 0 Å². The monoisotopic (exact) mass is 322 g/mol. The number of aliphatic imine (C=N–C) groups is 1. The van der Waals surface area contributed by atoms with Gasteiger partial charge >= 0.3 is 4.87 Å². The highest BCUT2D eigenvalue weighted by molar-refractivity contribution is 7.11. The number of benzene rings is 1. The van der Waals surface area contributed by atoms with E-state index < -0.39 is 10.4 Å². The number of nitrogens with zero attached hydrogens (tertiary/aromatic N) is 1. The van der Waals surface area contributed by atoms with Gasteiger partial charge < -0.3 is 14.6 Å². The highest BCUT2D eigenvalue weighted by Gasteiger charge is 2.13. The first-order chi connectivity index (χ1) is 10.5. The van der Waals surface area contributed by atoms with Gasteiger partial charge in [-0.15, -0.1) is 0 Å². The highest BCUT2D eigenvalue weighted by atomic mass is 32.1. The van der Waals surface area contributed by atoms with Crippen LogP contribution < -0.4 is 19.9 Å². The summed E-state index contributed by atoms with van der Waals surface area (Å²) < 4.78 is 10.3. The van der Waals surface area contributed by atoms with Gasteiger partial charge in [-0.3, -0.25) is 14.6 Å². The molecule has 22 heavy (non-hydrogen) atoms. The third-order valence-corrected chi connectivity index (χ3v) is 3.57. The Balaban J connectivity index is 2.54. The standard InChI is InChI=1S/C14H14N2O5S/c1-7(11-12(17)16-14(19)22-13(11)18)15-9-5-4-8(20-2)6-10(9)21-3/h4-6,18H,1-3H3,(H,16,17,19). The van der Waals surface area contributed by atoms with E-state index in [-0.39, 0.29) is 16.3 Å². The van der Waals surface area contributed by atoms with E-state index in [0.717, 1.165) is 0 Å². The molecule has 116 valence electrons. The number of aromatic amines is 1. The third kappa shape index (κ3) is 3.17. The first-order valence-corrected chi connectivity index (χ1v) is 7.02. The number of nitrogens with one attached hydrogen (secondary N) is 1. The van der Waals surface area contributed by atoms with Crippen LogP contribution in [0.3, 0.4) is 0 Å².